The fourth-order valence-corrected chi connectivity index (χ4v) is 3.10. The van der Waals surface area contributed by atoms with Crippen LogP contribution in [0.5, 0.6) is 0 Å². The van der Waals surface area contributed by atoms with E-state index in [0.29, 0.717) is 36.6 Å². The van der Waals surface area contributed by atoms with Crippen LogP contribution in [0, 0.1) is 0 Å². The Labute approximate surface area is 129 Å². The molecule has 0 unspecified atom stereocenters. The van der Waals surface area contributed by atoms with Crippen molar-refractivity contribution in [2.24, 2.45) is 0 Å². The number of nitrogen functional groups attached to an aromatic ring is 1. The molecule has 2 aromatic rings. The molecular weight excluding hydrogens is 286 g/mol. The molecule has 1 saturated heterocycles. The van der Waals surface area contributed by atoms with Crippen molar-refractivity contribution in [2.45, 2.75) is 18.4 Å². The van der Waals surface area contributed by atoms with E-state index >= 15 is 0 Å². The summed E-state index contributed by atoms with van der Waals surface area (Å²) in [7, 11) is 0. The van der Waals surface area contributed by atoms with E-state index in [1.165, 1.54) is 0 Å². The van der Waals surface area contributed by atoms with Gasteiger partial charge in [-0.15, -0.1) is 0 Å². The molecule has 2 heterocycles. The molecule has 4 nitrogen and oxygen atoms in total. The highest BCUT2D eigenvalue weighted by Crippen LogP contribution is 2.35. The second-order valence-corrected chi connectivity index (χ2v) is 5.87. The van der Waals surface area contributed by atoms with Crippen molar-refractivity contribution in [3.63, 3.8) is 0 Å². The second-order valence-electron chi connectivity index (χ2n) is 5.46. The highest BCUT2D eigenvalue weighted by molar-refractivity contribution is 6.33. The maximum atomic E-state index is 10.8. The van der Waals surface area contributed by atoms with Gasteiger partial charge in [-0.3, -0.25) is 0 Å². The lowest BCUT2D eigenvalue weighted by atomic mass is 9.84. The Morgan fingerprint density at radius 3 is 2.48 bits per heavy atom. The Hall–Kier alpha value is -1.78. The maximum Gasteiger partial charge on any atom is 0.147 e. The van der Waals surface area contributed by atoms with Gasteiger partial charge in [-0.2, -0.15) is 0 Å². The first-order valence-electron chi connectivity index (χ1n) is 7.02. The molecule has 0 spiro atoms. The average molecular weight is 304 g/mol. The van der Waals surface area contributed by atoms with Crippen LogP contribution >= 0.6 is 11.6 Å². The van der Waals surface area contributed by atoms with E-state index in [1.54, 1.807) is 12.3 Å². The van der Waals surface area contributed by atoms with E-state index in [9.17, 15) is 5.11 Å². The summed E-state index contributed by atoms with van der Waals surface area (Å²) < 4.78 is 0. The van der Waals surface area contributed by atoms with Crippen molar-refractivity contribution < 1.29 is 5.11 Å². The summed E-state index contributed by atoms with van der Waals surface area (Å²) in [5.41, 5.74) is 6.43. The molecule has 110 valence electrons. The molecule has 3 N–H and O–H groups in total. The Morgan fingerprint density at radius 2 is 1.86 bits per heavy atom. The predicted octanol–water partition coefficient (Wildman–Crippen LogP) is 2.81. The van der Waals surface area contributed by atoms with Crippen LogP contribution in [0.1, 0.15) is 18.4 Å². The van der Waals surface area contributed by atoms with Crippen LogP contribution in [0.4, 0.5) is 11.5 Å². The number of hydrogen-bond acceptors (Lipinski definition) is 4. The first-order chi connectivity index (χ1) is 10.1. The third kappa shape index (κ3) is 2.82. The fraction of sp³-hybridized carbons (Fsp3) is 0.312. The zero-order chi connectivity index (χ0) is 14.9. The molecule has 0 bridgehead atoms. The number of benzene rings is 1. The number of hydrogen-bond donors (Lipinski definition) is 2. The quantitative estimate of drug-likeness (QED) is 0.895. The van der Waals surface area contributed by atoms with Crippen LogP contribution in [0.25, 0.3) is 0 Å². The molecule has 0 amide bonds. The Balaban J connectivity index is 1.76. The Kier molecular flexibility index (Phi) is 3.74. The normalized spacial score (nSPS) is 17.7. The molecule has 1 fully saturated rings. The van der Waals surface area contributed by atoms with Crippen molar-refractivity contribution in [2.75, 3.05) is 23.7 Å². The molecule has 0 radical (unpaired) electrons. The van der Waals surface area contributed by atoms with E-state index < -0.39 is 5.60 Å². The zero-order valence-electron chi connectivity index (χ0n) is 11.7. The summed E-state index contributed by atoms with van der Waals surface area (Å²) in [6, 6.07) is 11.5. The summed E-state index contributed by atoms with van der Waals surface area (Å²) in [5, 5.41) is 11.4. The number of halogens is 1. The summed E-state index contributed by atoms with van der Waals surface area (Å²) in [5.74, 6) is 0.737. The minimum Gasteiger partial charge on any atom is -0.397 e. The number of aromatic nitrogens is 1. The van der Waals surface area contributed by atoms with Gasteiger partial charge >= 0.3 is 0 Å². The van der Waals surface area contributed by atoms with Crippen LogP contribution in [0.3, 0.4) is 0 Å². The Bertz CT molecular complexity index is 625. The predicted molar refractivity (Wildman–Crippen MR) is 85.4 cm³/mol. The van der Waals surface area contributed by atoms with Crippen molar-refractivity contribution in [3.8, 4) is 0 Å². The molecule has 1 aromatic heterocycles. The van der Waals surface area contributed by atoms with E-state index in [-0.39, 0.29) is 0 Å². The van der Waals surface area contributed by atoms with Gasteiger partial charge in [-0.05, 0) is 24.5 Å². The third-order valence-corrected chi connectivity index (χ3v) is 4.32. The SMILES string of the molecule is Nc1cnc(N2CCC(O)(c3ccccc3)CC2)c(Cl)c1. The topological polar surface area (TPSA) is 62.4 Å². The number of pyridine rings is 1. The minimum atomic E-state index is -0.766. The van der Waals surface area contributed by atoms with E-state index in [1.807, 2.05) is 30.3 Å². The number of aliphatic hydroxyl groups is 1. The van der Waals surface area contributed by atoms with Crippen molar-refractivity contribution in [1.29, 1.82) is 0 Å². The highest BCUT2D eigenvalue weighted by atomic mass is 35.5. The number of anilines is 2. The summed E-state index contributed by atoms with van der Waals surface area (Å²) in [6.45, 7) is 1.42. The average Bonchev–Trinajstić information content (AvgIpc) is 2.50. The zero-order valence-corrected chi connectivity index (χ0v) is 12.4. The lowest BCUT2D eigenvalue weighted by Crippen LogP contribution is -2.43. The van der Waals surface area contributed by atoms with Crippen molar-refractivity contribution in [3.05, 3.63) is 53.2 Å². The van der Waals surface area contributed by atoms with Crippen LogP contribution < -0.4 is 10.6 Å². The van der Waals surface area contributed by atoms with Gasteiger partial charge in [-0.1, -0.05) is 41.9 Å². The number of nitrogens with zero attached hydrogens (tertiary/aromatic N) is 2. The fourth-order valence-electron chi connectivity index (χ4n) is 2.80. The molecule has 1 aliphatic heterocycles. The van der Waals surface area contributed by atoms with Crippen molar-refractivity contribution in [1.82, 2.24) is 4.98 Å². The number of rotatable bonds is 2. The van der Waals surface area contributed by atoms with Crippen LogP contribution in [-0.2, 0) is 5.60 Å². The second kappa shape index (κ2) is 5.54. The first kappa shape index (κ1) is 14.2. The monoisotopic (exact) mass is 303 g/mol. The third-order valence-electron chi connectivity index (χ3n) is 4.04. The molecule has 1 aromatic carbocycles. The molecule has 0 aliphatic carbocycles. The van der Waals surface area contributed by atoms with Gasteiger partial charge in [0.15, 0.2) is 0 Å². The lowest BCUT2D eigenvalue weighted by molar-refractivity contribution is 0.0116. The van der Waals surface area contributed by atoms with Gasteiger partial charge < -0.3 is 15.7 Å². The molecule has 5 heteroatoms. The minimum absolute atomic E-state index is 0.556. The lowest BCUT2D eigenvalue weighted by Gasteiger charge is -2.39. The maximum absolute atomic E-state index is 10.8. The standard InChI is InChI=1S/C16H18ClN3O/c17-14-10-13(18)11-19-15(14)20-8-6-16(21,7-9-20)12-4-2-1-3-5-12/h1-5,10-11,21H,6-9,18H2. The smallest absolute Gasteiger partial charge is 0.147 e. The highest BCUT2D eigenvalue weighted by Gasteiger charge is 2.34. The van der Waals surface area contributed by atoms with Gasteiger partial charge in [-0.25, -0.2) is 4.98 Å². The van der Waals surface area contributed by atoms with E-state index in [4.69, 9.17) is 17.3 Å². The molecule has 3 rings (SSSR count). The van der Waals surface area contributed by atoms with E-state index in [0.717, 1.165) is 11.4 Å². The van der Waals surface area contributed by atoms with Gasteiger partial charge in [0, 0.05) is 13.1 Å². The molecule has 1 aliphatic rings. The van der Waals surface area contributed by atoms with Crippen LogP contribution in [0.2, 0.25) is 5.02 Å². The molecule has 0 saturated carbocycles. The van der Waals surface area contributed by atoms with Crippen molar-refractivity contribution >= 4 is 23.1 Å². The van der Waals surface area contributed by atoms with Gasteiger partial charge in [0.1, 0.15) is 5.82 Å². The van der Waals surface area contributed by atoms with E-state index in [2.05, 4.69) is 9.88 Å². The van der Waals surface area contributed by atoms with Gasteiger partial charge in [0.2, 0.25) is 0 Å². The largest absolute Gasteiger partial charge is 0.397 e. The summed E-state index contributed by atoms with van der Waals surface area (Å²) >= 11 is 6.20. The summed E-state index contributed by atoms with van der Waals surface area (Å²) in [6.07, 6.45) is 2.91. The van der Waals surface area contributed by atoms with Gasteiger partial charge in [0.25, 0.3) is 0 Å². The Morgan fingerprint density at radius 1 is 1.19 bits per heavy atom. The number of piperidine rings is 1. The molecule has 0 atom stereocenters. The van der Waals surface area contributed by atoms with Crippen LogP contribution in [-0.4, -0.2) is 23.2 Å². The number of nitrogens with two attached hydrogens (primary N) is 1. The summed E-state index contributed by atoms with van der Waals surface area (Å²) in [4.78, 5) is 6.41. The first-order valence-corrected chi connectivity index (χ1v) is 7.40. The molecule has 21 heavy (non-hydrogen) atoms. The molecular formula is C16H18ClN3O. The van der Waals surface area contributed by atoms with Gasteiger partial charge in [0.05, 0.1) is 22.5 Å². The van der Waals surface area contributed by atoms with Crippen LogP contribution in [0.15, 0.2) is 42.6 Å².